The third kappa shape index (κ3) is 3.56. The van der Waals surface area contributed by atoms with Crippen molar-refractivity contribution < 1.29 is 13.9 Å². The van der Waals surface area contributed by atoms with Crippen LogP contribution in [0, 0.1) is 5.82 Å². The summed E-state index contributed by atoms with van der Waals surface area (Å²) < 4.78 is 21.2. The second-order valence-corrected chi connectivity index (χ2v) is 6.51. The topological polar surface area (TPSA) is 43.6 Å². The second kappa shape index (κ2) is 7.25. The molecule has 24 heavy (non-hydrogen) atoms. The molecule has 2 aromatic carbocycles. The van der Waals surface area contributed by atoms with Gasteiger partial charge in [-0.2, -0.15) is 4.99 Å². The predicted molar refractivity (Wildman–Crippen MR) is 93.0 cm³/mol. The lowest BCUT2D eigenvalue weighted by atomic mass is 10.2. The molecular formula is C17H14ClFN2O2S. The first-order valence-electron chi connectivity index (χ1n) is 7.21. The van der Waals surface area contributed by atoms with Crippen LogP contribution >= 0.6 is 22.9 Å². The maximum Gasteiger partial charge on any atom is 0.279 e. The Hall–Kier alpha value is -2.02. The average Bonchev–Trinajstić information content (AvgIpc) is 2.89. The van der Waals surface area contributed by atoms with Crippen molar-refractivity contribution in [3.8, 4) is 0 Å². The minimum Gasteiger partial charge on any atom is -0.383 e. The molecule has 124 valence electrons. The number of carbonyl (C=O) groups is 1. The molecule has 1 heterocycles. The fourth-order valence-electron chi connectivity index (χ4n) is 2.30. The van der Waals surface area contributed by atoms with Crippen molar-refractivity contribution in [1.82, 2.24) is 4.57 Å². The van der Waals surface area contributed by atoms with Crippen molar-refractivity contribution in [2.75, 3.05) is 13.7 Å². The van der Waals surface area contributed by atoms with E-state index in [4.69, 9.17) is 16.3 Å². The molecule has 0 N–H and O–H groups in total. The number of benzene rings is 2. The zero-order chi connectivity index (χ0) is 17.1. The molecule has 0 aliphatic heterocycles. The number of fused-ring (bicyclic) bond motifs is 1. The molecule has 0 saturated heterocycles. The number of carbonyl (C=O) groups excluding carboxylic acids is 1. The predicted octanol–water partition coefficient (Wildman–Crippen LogP) is 3.88. The van der Waals surface area contributed by atoms with E-state index in [9.17, 15) is 9.18 Å². The van der Waals surface area contributed by atoms with Gasteiger partial charge in [0.05, 0.1) is 16.8 Å². The van der Waals surface area contributed by atoms with Gasteiger partial charge in [-0.25, -0.2) is 4.39 Å². The molecule has 0 aliphatic carbocycles. The Morgan fingerprint density at radius 2 is 2.17 bits per heavy atom. The van der Waals surface area contributed by atoms with E-state index in [1.165, 1.54) is 29.5 Å². The zero-order valence-electron chi connectivity index (χ0n) is 12.8. The van der Waals surface area contributed by atoms with Crippen LogP contribution in [0.1, 0.15) is 10.4 Å². The first-order chi connectivity index (χ1) is 11.6. The third-order valence-electron chi connectivity index (χ3n) is 3.43. The summed E-state index contributed by atoms with van der Waals surface area (Å²) in [5, 5.41) is 0.616. The van der Waals surface area contributed by atoms with Crippen LogP contribution in [0.15, 0.2) is 47.5 Å². The molecule has 3 rings (SSSR count). The van der Waals surface area contributed by atoms with Crippen LogP contribution in [0.25, 0.3) is 10.2 Å². The normalized spacial score (nSPS) is 12.0. The molecule has 4 nitrogen and oxygen atoms in total. The van der Waals surface area contributed by atoms with E-state index < -0.39 is 11.7 Å². The van der Waals surface area contributed by atoms with Crippen molar-refractivity contribution in [1.29, 1.82) is 0 Å². The van der Waals surface area contributed by atoms with Crippen LogP contribution < -0.4 is 4.80 Å². The number of thiazole rings is 1. The largest absolute Gasteiger partial charge is 0.383 e. The maximum atomic E-state index is 13.3. The first-order valence-corrected chi connectivity index (χ1v) is 8.40. The molecule has 3 aromatic rings. The van der Waals surface area contributed by atoms with Crippen LogP contribution in [0.3, 0.4) is 0 Å². The van der Waals surface area contributed by atoms with Gasteiger partial charge >= 0.3 is 0 Å². The number of methoxy groups -OCH3 is 1. The first kappa shape index (κ1) is 16.8. The number of hydrogen-bond acceptors (Lipinski definition) is 3. The van der Waals surface area contributed by atoms with Gasteiger partial charge < -0.3 is 9.30 Å². The Balaban J connectivity index is 2.11. The summed E-state index contributed by atoms with van der Waals surface area (Å²) >= 11 is 7.39. The standard InChI is InChI=1S/C17H14ClFN2O2S/c1-23-8-7-21-14-6-5-12(18)10-15(14)24-17(21)20-16(22)11-3-2-4-13(19)9-11/h2-6,9-10H,7-8H2,1H3. The second-order valence-electron chi connectivity index (χ2n) is 5.07. The number of hydrogen-bond donors (Lipinski definition) is 0. The molecule has 0 saturated carbocycles. The highest BCUT2D eigenvalue weighted by atomic mass is 35.5. The third-order valence-corrected chi connectivity index (χ3v) is 4.71. The van der Waals surface area contributed by atoms with Crippen molar-refractivity contribution in [2.24, 2.45) is 4.99 Å². The van der Waals surface area contributed by atoms with Crippen molar-refractivity contribution >= 4 is 39.1 Å². The van der Waals surface area contributed by atoms with E-state index in [-0.39, 0.29) is 5.56 Å². The summed E-state index contributed by atoms with van der Waals surface area (Å²) in [4.78, 5) is 17.0. The van der Waals surface area contributed by atoms with Gasteiger partial charge in [0.25, 0.3) is 5.91 Å². The smallest absolute Gasteiger partial charge is 0.279 e. The SMILES string of the molecule is COCCn1c(=NC(=O)c2cccc(F)c2)sc2cc(Cl)ccc21. The van der Waals surface area contributed by atoms with Crippen LogP contribution in [0.2, 0.25) is 5.02 Å². The van der Waals surface area contributed by atoms with Crippen LogP contribution in [-0.2, 0) is 11.3 Å². The highest BCUT2D eigenvalue weighted by Gasteiger charge is 2.10. The molecular weight excluding hydrogens is 351 g/mol. The number of amides is 1. The molecule has 0 aliphatic rings. The quantitative estimate of drug-likeness (QED) is 0.705. The molecule has 0 radical (unpaired) electrons. The Bertz CT molecular complexity index is 965. The lowest BCUT2D eigenvalue weighted by Gasteiger charge is -2.04. The van der Waals surface area contributed by atoms with E-state index in [1.807, 2.05) is 16.7 Å². The summed E-state index contributed by atoms with van der Waals surface area (Å²) in [5.41, 5.74) is 1.14. The van der Waals surface area contributed by atoms with Gasteiger partial charge in [0.2, 0.25) is 0 Å². The van der Waals surface area contributed by atoms with Crippen LogP contribution in [-0.4, -0.2) is 24.2 Å². The van der Waals surface area contributed by atoms with Gasteiger partial charge in [-0.1, -0.05) is 29.0 Å². The minimum atomic E-state index is -0.488. The van der Waals surface area contributed by atoms with Gasteiger partial charge in [0.15, 0.2) is 4.80 Å². The number of nitrogens with zero attached hydrogens (tertiary/aromatic N) is 2. The van der Waals surface area contributed by atoms with E-state index in [0.29, 0.717) is 23.0 Å². The fourth-order valence-corrected chi connectivity index (χ4v) is 3.63. The maximum absolute atomic E-state index is 13.3. The molecule has 0 unspecified atom stereocenters. The Kier molecular flexibility index (Phi) is 5.08. The average molecular weight is 365 g/mol. The Morgan fingerprint density at radius 3 is 2.92 bits per heavy atom. The highest BCUT2D eigenvalue weighted by Crippen LogP contribution is 2.22. The number of rotatable bonds is 4. The summed E-state index contributed by atoms with van der Waals surface area (Å²) in [5.74, 6) is -0.954. The summed E-state index contributed by atoms with van der Waals surface area (Å²) in [6.45, 7) is 1.03. The monoisotopic (exact) mass is 364 g/mol. The lowest BCUT2D eigenvalue weighted by Crippen LogP contribution is -2.19. The molecule has 1 amide bonds. The van der Waals surface area contributed by atoms with E-state index >= 15 is 0 Å². The summed E-state index contributed by atoms with van der Waals surface area (Å²) in [7, 11) is 1.61. The van der Waals surface area contributed by atoms with Gasteiger partial charge in [0, 0.05) is 24.2 Å². The summed E-state index contributed by atoms with van der Waals surface area (Å²) in [6, 6.07) is 11.0. The number of aromatic nitrogens is 1. The van der Waals surface area contributed by atoms with Gasteiger partial charge in [0.1, 0.15) is 5.82 Å². The van der Waals surface area contributed by atoms with Crippen molar-refractivity contribution in [3.05, 3.63) is 63.7 Å². The molecule has 0 bridgehead atoms. The number of ether oxygens (including phenoxy) is 1. The number of halogens is 2. The Labute approximate surface area is 146 Å². The highest BCUT2D eigenvalue weighted by molar-refractivity contribution is 7.16. The summed E-state index contributed by atoms with van der Waals surface area (Å²) in [6.07, 6.45) is 0. The molecule has 1 aromatic heterocycles. The molecule has 0 spiro atoms. The van der Waals surface area contributed by atoms with Crippen molar-refractivity contribution in [3.63, 3.8) is 0 Å². The minimum absolute atomic E-state index is 0.212. The molecule has 0 fully saturated rings. The molecule has 0 atom stereocenters. The van der Waals surface area contributed by atoms with Crippen LogP contribution in [0.4, 0.5) is 4.39 Å². The lowest BCUT2D eigenvalue weighted by molar-refractivity contribution is 0.0997. The fraction of sp³-hybridized carbons (Fsp3) is 0.176. The Morgan fingerprint density at radius 1 is 1.33 bits per heavy atom. The van der Waals surface area contributed by atoms with Crippen molar-refractivity contribution in [2.45, 2.75) is 6.54 Å². The van der Waals surface area contributed by atoms with Gasteiger partial charge in [-0.05, 0) is 36.4 Å². The zero-order valence-corrected chi connectivity index (χ0v) is 14.4. The van der Waals surface area contributed by atoms with E-state index in [2.05, 4.69) is 4.99 Å². The van der Waals surface area contributed by atoms with Gasteiger partial charge in [-0.15, -0.1) is 0 Å². The molecule has 7 heteroatoms. The van der Waals surface area contributed by atoms with E-state index in [0.717, 1.165) is 10.2 Å². The van der Waals surface area contributed by atoms with E-state index in [1.54, 1.807) is 19.2 Å². The van der Waals surface area contributed by atoms with Crippen LogP contribution in [0.5, 0.6) is 0 Å². The van der Waals surface area contributed by atoms with Gasteiger partial charge in [-0.3, -0.25) is 4.79 Å².